The number of hydrogen-bond donors (Lipinski definition) is 2. The number of nitrogens with one attached hydrogen (secondary N) is 2. The molecular weight excluding hydrogens is 340 g/mol. The first-order chi connectivity index (χ1) is 13.1. The molecule has 134 valence electrons. The number of aromatic amines is 1. The fraction of sp³-hybridized carbons (Fsp3) is 0.0952. The Morgan fingerprint density at radius 2 is 1.96 bits per heavy atom. The highest BCUT2D eigenvalue weighted by Crippen LogP contribution is 2.29. The molecule has 27 heavy (non-hydrogen) atoms. The number of para-hydroxylation sites is 1. The molecule has 0 unspecified atom stereocenters. The van der Waals surface area contributed by atoms with E-state index in [1.807, 2.05) is 65.4 Å². The van der Waals surface area contributed by atoms with E-state index in [9.17, 15) is 9.59 Å². The molecule has 0 fully saturated rings. The average molecular weight is 358 g/mol. The molecule has 0 aliphatic heterocycles. The van der Waals surface area contributed by atoms with Gasteiger partial charge in [0.05, 0.1) is 11.7 Å². The zero-order valence-corrected chi connectivity index (χ0v) is 14.8. The number of carbonyl (C=O) groups is 1. The summed E-state index contributed by atoms with van der Waals surface area (Å²) >= 11 is 0. The van der Waals surface area contributed by atoms with Crippen molar-refractivity contribution in [2.24, 2.45) is 0 Å². The fourth-order valence-electron chi connectivity index (χ4n) is 3.15. The third-order valence-electron chi connectivity index (χ3n) is 4.40. The van der Waals surface area contributed by atoms with Crippen molar-refractivity contribution in [1.29, 1.82) is 0 Å². The molecule has 0 bridgehead atoms. The maximum atomic E-state index is 12.6. The Labute approximate surface area is 155 Å². The van der Waals surface area contributed by atoms with Crippen LogP contribution in [0.25, 0.3) is 27.8 Å². The number of fused-ring (bicyclic) bond motifs is 1. The largest absolute Gasteiger partial charge is 0.352 e. The van der Waals surface area contributed by atoms with Crippen molar-refractivity contribution in [2.75, 3.05) is 0 Å². The normalized spacial score (nSPS) is 10.9. The molecule has 2 N–H and O–H groups in total. The van der Waals surface area contributed by atoms with Gasteiger partial charge in [0, 0.05) is 30.9 Å². The van der Waals surface area contributed by atoms with E-state index >= 15 is 0 Å². The molecule has 0 saturated heterocycles. The van der Waals surface area contributed by atoms with Gasteiger partial charge >= 0.3 is 0 Å². The minimum Gasteiger partial charge on any atom is -0.352 e. The molecule has 6 nitrogen and oxygen atoms in total. The number of rotatable bonds is 4. The zero-order chi connectivity index (χ0) is 18.8. The van der Waals surface area contributed by atoms with Crippen LogP contribution >= 0.6 is 0 Å². The molecule has 2 heterocycles. The summed E-state index contributed by atoms with van der Waals surface area (Å²) in [6.07, 6.45) is 3.35. The molecule has 0 atom stereocenters. The van der Waals surface area contributed by atoms with Gasteiger partial charge in [-0.3, -0.25) is 9.59 Å². The predicted octanol–water partition coefficient (Wildman–Crippen LogP) is 3.02. The predicted molar refractivity (Wildman–Crippen MR) is 105 cm³/mol. The van der Waals surface area contributed by atoms with Crippen LogP contribution in [0.4, 0.5) is 0 Å². The van der Waals surface area contributed by atoms with Crippen LogP contribution in [-0.4, -0.2) is 20.4 Å². The van der Waals surface area contributed by atoms with E-state index < -0.39 is 0 Å². The van der Waals surface area contributed by atoms with E-state index in [-0.39, 0.29) is 11.5 Å². The third-order valence-corrected chi connectivity index (χ3v) is 4.40. The molecule has 0 aliphatic carbocycles. The molecule has 0 spiro atoms. The van der Waals surface area contributed by atoms with Crippen LogP contribution in [-0.2, 0) is 11.3 Å². The van der Waals surface area contributed by atoms with Crippen molar-refractivity contribution in [3.63, 3.8) is 0 Å². The van der Waals surface area contributed by atoms with Gasteiger partial charge in [0.15, 0.2) is 5.65 Å². The molecule has 2 aromatic heterocycles. The number of carbonyl (C=O) groups excluding carboxylic acids is 1. The monoisotopic (exact) mass is 358 g/mol. The second-order valence-corrected chi connectivity index (χ2v) is 6.29. The maximum absolute atomic E-state index is 12.6. The van der Waals surface area contributed by atoms with Gasteiger partial charge < -0.3 is 14.9 Å². The van der Waals surface area contributed by atoms with E-state index in [0.717, 1.165) is 22.4 Å². The molecule has 4 rings (SSSR count). The van der Waals surface area contributed by atoms with Crippen LogP contribution in [0.3, 0.4) is 0 Å². The molecule has 2 aromatic carbocycles. The van der Waals surface area contributed by atoms with Crippen LogP contribution in [0.5, 0.6) is 0 Å². The van der Waals surface area contributed by atoms with Gasteiger partial charge in [-0.05, 0) is 29.3 Å². The summed E-state index contributed by atoms with van der Waals surface area (Å²) in [5.41, 5.74) is 4.01. The standard InChI is InChI=1S/C21H18N4O2/c1-14(26)22-11-15-6-5-7-16(10-15)18-12-25(17-8-3-2-4-9-17)20-19(18)21(27)24-13-23-20/h2-10,12-13H,11H2,1H3,(H,22,26)(H,23,24,27). The van der Waals surface area contributed by atoms with Gasteiger partial charge in [-0.1, -0.05) is 36.4 Å². The Kier molecular flexibility index (Phi) is 4.30. The second-order valence-electron chi connectivity index (χ2n) is 6.29. The van der Waals surface area contributed by atoms with Crippen molar-refractivity contribution < 1.29 is 4.79 Å². The fourth-order valence-corrected chi connectivity index (χ4v) is 3.15. The topological polar surface area (TPSA) is 79.8 Å². The summed E-state index contributed by atoms with van der Waals surface area (Å²) in [6.45, 7) is 1.93. The quantitative estimate of drug-likeness (QED) is 0.588. The SMILES string of the molecule is CC(=O)NCc1cccc(-c2cn(-c3ccccc3)c3nc[nH]c(=O)c23)c1. The van der Waals surface area contributed by atoms with Crippen molar-refractivity contribution in [3.8, 4) is 16.8 Å². The van der Waals surface area contributed by atoms with Crippen molar-refractivity contribution in [1.82, 2.24) is 19.9 Å². The molecule has 1 amide bonds. The summed E-state index contributed by atoms with van der Waals surface area (Å²) < 4.78 is 1.92. The molecule has 4 aromatic rings. The zero-order valence-electron chi connectivity index (χ0n) is 14.8. The lowest BCUT2D eigenvalue weighted by atomic mass is 10.0. The van der Waals surface area contributed by atoms with E-state index in [1.54, 1.807) is 0 Å². The minimum atomic E-state index is -0.183. The van der Waals surface area contributed by atoms with Gasteiger partial charge in [-0.15, -0.1) is 0 Å². The van der Waals surface area contributed by atoms with Crippen molar-refractivity contribution >= 4 is 16.9 Å². The van der Waals surface area contributed by atoms with Gasteiger partial charge in [0.2, 0.25) is 5.91 Å². The first kappa shape index (κ1) is 16.8. The minimum absolute atomic E-state index is 0.0817. The summed E-state index contributed by atoms with van der Waals surface area (Å²) in [4.78, 5) is 30.8. The molecule has 0 aliphatic rings. The summed E-state index contributed by atoms with van der Waals surface area (Å²) in [6, 6.07) is 17.6. The number of benzene rings is 2. The summed E-state index contributed by atoms with van der Waals surface area (Å²) in [7, 11) is 0. The van der Waals surface area contributed by atoms with Gasteiger partial charge in [-0.2, -0.15) is 0 Å². The Bertz CT molecular complexity index is 1180. The molecule has 0 saturated carbocycles. The van der Waals surface area contributed by atoms with Gasteiger partial charge in [0.1, 0.15) is 0 Å². The van der Waals surface area contributed by atoms with Crippen LogP contribution in [0.15, 0.2) is 71.9 Å². The lowest BCUT2D eigenvalue weighted by Crippen LogP contribution is -2.18. The van der Waals surface area contributed by atoms with Crippen LogP contribution < -0.4 is 10.9 Å². The van der Waals surface area contributed by atoms with E-state index in [1.165, 1.54) is 13.3 Å². The third kappa shape index (κ3) is 3.25. The number of H-pyrrole nitrogens is 1. The highest BCUT2D eigenvalue weighted by molar-refractivity contribution is 5.94. The Balaban J connectivity index is 1.89. The van der Waals surface area contributed by atoms with E-state index in [2.05, 4.69) is 15.3 Å². The maximum Gasteiger partial charge on any atom is 0.260 e. The summed E-state index contributed by atoms with van der Waals surface area (Å²) in [5, 5.41) is 3.34. The molecule has 6 heteroatoms. The lowest BCUT2D eigenvalue weighted by Gasteiger charge is -2.05. The number of amides is 1. The Hall–Kier alpha value is -3.67. The number of aromatic nitrogens is 3. The number of nitrogens with zero attached hydrogens (tertiary/aromatic N) is 2. The van der Waals surface area contributed by atoms with Gasteiger partial charge in [0.25, 0.3) is 5.56 Å². The highest BCUT2D eigenvalue weighted by Gasteiger charge is 2.16. The van der Waals surface area contributed by atoms with Crippen molar-refractivity contribution in [2.45, 2.75) is 13.5 Å². The highest BCUT2D eigenvalue weighted by atomic mass is 16.1. The summed E-state index contributed by atoms with van der Waals surface area (Å²) in [5.74, 6) is -0.0817. The molecular formula is C21H18N4O2. The van der Waals surface area contributed by atoms with Crippen molar-refractivity contribution in [3.05, 3.63) is 83.0 Å². The smallest absolute Gasteiger partial charge is 0.260 e. The van der Waals surface area contributed by atoms with Crippen LogP contribution in [0.1, 0.15) is 12.5 Å². The van der Waals surface area contributed by atoms with Crippen LogP contribution in [0.2, 0.25) is 0 Å². The molecule has 0 radical (unpaired) electrons. The first-order valence-electron chi connectivity index (χ1n) is 8.61. The Morgan fingerprint density at radius 1 is 1.15 bits per heavy atom. The van der Waals surface area contributed by atoms with Gasteiger partial charge in [-0.25, -0.2) is 4.98 Å². The second kappa shape index (κ2) is 6.92. The van der Waals surface area contributed by atoms with Crippen LogP contribution in [0, 0.1) is 0 Å². The lowest BCUT2D eigenvalue weighted by molar-refractivity contribution is -0.119. The van der Waals surface area contributed by atoms with E-state index in [0.29, 0.717) is 17.6 Å². The number of hydrogen-bond acceptors (Lipinski definition) is 3. The first-order valence-corrected chi connectivity index (χ1v) is 8.61. The Morgan fingerprint density at radius 3 is 2.74 bits per heavy atom. The average Bonchev–Trinajstić information content (AvgIpc) is 3.08. The van der Waals surface area contributed by atoms with E-state index in [4.69, 9.17) is 0 Å².